The lowest BCUT2D eigenvalue weighted by molar-refractivity contribution is -0.141. The van der Waals surface area contributed by atoms with Crippen LogP contribution in [0.25, 0.3) is 0 Å². The fraction of sp³-hybridized carbons (Fsp3) is 0.333. The number of ether oxygens (including phenoxy) is 1. The summed E-state index contributed by atoms with van der Waals surface area (Å²) in [5.74, 6) is -0.403. The Labute approximate surface area is 93.6 Å². The van der Waals surface area contributed by atoms with Gasteiger partial charge in [0.1, 0.15) is 0 Å². The van der Waals surface area contributed by atoms with E-state index in [4.69, 9.17) is 0 Å². The molecule has 16 heavy (non-hydrogen) atoms. The SMILES string of the molecule is COC(=O)CC1CC(=O)Nc2ccccc21. The Morgan fingerprint density at radius 2 is 2.25 bits per heavy atom. The number of methoxy groups -OCH3 is 1. The zero-order chi connectivity index (χ0) is 11.5. The lowest BCUT2D eigenvalue weighted by Crippen LogP contribution is -2.24. The van der Waals surface area contributed by atoms with Gasteiger partial charge in [0.05, 0.1) is 13.5 Å². The zero-order valence-electron chi connectivity index (χ0n) is 9.03. The number of benzene rings is 1. The quantitative estimate of drug-likeness (QED) is 0.770. The molecule has 4 nitrogen and oxygen atoms in total. The number of nitrogens with one attached hydrogen (secondary N) is 1. The molecule has 0 spiro atoms. The van der Waals surface area contributed by atoms with E-state index in [9.17, 15) is 9.59 Å². The van der Waals surface area contributed by atoms with Crippen LogP contribution in [-0.2, 0) is 14.3 Å². The van der Waals surface area contributed by atoms with Crippen LogP contribution in [0.2, 0.25) is 0 Å². The number of anilines is 1. The summed E-state index contributed by atoms with van der Waals surface area (Å²) in [4.78, 5) is 22.7. The van der Waals surface area contributed by atoms with Gasteiger partial charge < -0.3 is 10.1 Å². The molecule has 0 saturated heterocycles. The number of hydrogen-bond acceptors (Lipinski definition) is 3. The summed E-state index contributed by atoms with van der Waals surface area (Å²) in [6, 6.07) is 7.54. The Bertz CT molecular complexity index is 428. The summed E-state index contributed by atoms with van der Waals surface area (Å²) in [5, 5.41) is 2.79. The predicted octanol–water partition coefficient (Wildman–Crippen LogP) is 1.68. The predicted molar refractivity (Wildman–Crippen MR) is 59.1 cm³/mol. The summed E-state index contributed by atoms with van der Waals surface area (Å²) in [6.07, 6.45) is 0.590. The number of carbonyl (C=O) groups excluding carboxylic acids is 2. The van der Waals surface area contributed by atoms with Crippen molar-refractivity contribution in [2.24, 2.45) is 0 Å². The lowest BCUT2D eigenvalue weighted by Gasteiger charge is -2.24. The molecule has 1 aliphatic heterocycles. The van der Waals surface area contributed by atoms with E-state index in [-0.39, 0.29) is 24.2 Å². The molecule has 0 radical (unpaired) electrons. The van der Waals surface area contributed by atoms with E-state index in [1.807, 2.05) is 24.3 Å². The fourth-order valence-corrected chi connectivity index (χ4v) is 1.97. The van der Waals surface area contributed by atoms with Crippen molar-refractivity contribution >= 4 is 17.6 Å². The molecule has 0 bridgehead atoms. The van der Waals surface area contributed by atoms with E-state index < -0.39 is 0 Å². The number of para-hydroxylation sites is 1. The maximum Gasteiger partial charge on any atom is 0.306 e. The number of carbonyl (C=O) groups is 2. The Kier molecular flexibility index (Phi) is 2.90. The minimum absolute atomic E-state index is 0.0485. The van der Waals surface area contributed by atoms with Crippen molar-refractivity contribution in [1.29, 1.82) is 0 Å². The highest BCUT2D eigenvalue weighted by Gasteiger charge is 2.26. The zero-order valence-corrected chi connectivity index (χ0v) is 9.03. The summed E-state index contributed by atoms with van der Waals surface area (Å²) >= 11 is 0. The second kappa shape index (κ2) is 4.35. The molecule has 1 aliphatic rings. The van der Waals surface area contributed by atoms with Crippen LogP contribution >= 0.6 is 0 Å². The number of amides is 1. The normalized spacial score (nSPS) is 18.6. The molecule has 0 fully saturated rings. The van der Waals surface area contributed by atoms with Crippen molar-refractivity contribution in [3.8, 4) is 0 Å². The van der Waals surface area contributed by atoms with Gasteiger partial charge in [0.2, 0.25) is 5.91 Å². The van der Waals surface area contributed by atoms with Crippen molar-refractivity contribution in [3.05, 3.63) is 29.8 Å². The van der Waals surface area contributed by atoms with E-state index in [2.05, 4.69) is 10.1 Å². The van der Waals surface area contributed by atoms with Crippen LogP contribution in [-0.4, -0.2) is 19.0 Å². The largest absolute Gasteiger partial charge is 0.469 e. The van der Waals surface area contributed by atoms with Crippen LogP contribution in [0.15, 0.2) is 24.3 Å². The monoisotopic (exact) mass is 219 g/mol. The molecular weight excluding hydrogens is 206 g/mol. The van der Waals surface area contributed by atoms with E-state index >= 15 is 0 Å². The van der Waals surface area contributed by atoms with Crippen LogP contribution in [0.1, 0.15) is 24.3 Å². The molecule has 4 heteroatoms. The molecule has 1 aromatic carbocycles. The number of esters is 1. The molecule has 1 heterocycles. The highest BCUT2D eigenvalue weighted by atomic mass is 16.5. The van der Waals surface area contributed by atoms with E-state index in [1.54, 1.807) is 0 Å². The van der Waals surface area contributed by atoms with Crippen molar-refractivity contribution in [2.45, 2.75) is 18.8 Å². The van der Waals surface area contributed by atoms with Gasteiger partial charge in [-0.15, -0.1) is 0 Å². The third kappa shape index (κ3) is 2.05. The molecule has 1 aromatic rings. The smallest absolute Gasteiger partial charge is 0.306 e. The summed E-state index contributed by atoms with van der Waals surface area (Å²) < 4.78 is 4.63. The number of rotatable bonds is 2. The average Bonchev–Trinajstić information content (AvgIpc) is 2.28. The maximum atomic E-state index is 11.4. The van der Waals surface area contributed by atoms with Crippen LogP contribution < -0.4 is 5.32 Å². The summed E-state index contributed by atoms with van der Waals surface area (Å²) in [6.45, 7) is 0. The molecule has 0 saturated carbocycles. The first-order valence-corrected chi connectivity index (χ1v) is 5.16. The molecule has 1 atom stereocenters. The maximum absolute atomic E-state index is 11.4. The molecule has 0 aliphatic carbocycles. The Hall–Kier alpha value is -1.84. The van der Waals surface area contributed by atoms with Crippen LogP contribution in [0, 0.1) is 0 Å². The van der Waals surface area contributed by atoms with Crippen LogP contribution in [0.3, 0.4) is 0 Å². The van der Waals surface area contributed by atoms with Crippen molar-refractivity contribution in [1.82, 2.24) is 0 Å². The third-order valence-electron chi connectivity index (χ3n) is 2.75. The summed E-state index contributed by atoms with van der Waals surface area (Å²) in [5.41, 5.74) is 1.81. The minimum Gasteiger partial charge on any atom is -0.469 e. The number of hydrogen-bond donors (Lipinski definition) is 1. The average molecular weight is 219 g/mol. The fourth-order valence-electron chi connectivity index (χ4n) is 1.97. The van der Waals surface area contributed by atoms with E-state index in [1.165, 1.54) is 7.11 Å². The van der Waals surface area contributed by atoms with Gasteiger partial charge in [0.25, 0.3) is 0 Å². The third-order valence-corrected chi connectivity index (χ3v) is 2.75. The molecule has 1 unspecified atom stereocenters. The van der Waals surface area contributed by atoms with Crippen molar-refractivity contribution < 1.29 is 14.3 Å². The van der Waals surface area contributed by atoms with Crippen LogP contribution in [0.5, 0.6) is 0 Å². The van der Waals surface area contributed by atoms with Gasteiger partial charge in [0, 0.05) is 18.0 Å². The van der Waals surface area contributed by atoms with Gasteiger partial charge in [-0.2, -0.15) is 0 Å². The van der Waals surface area contributed by atoms with Gasteiger partial charge in [-0.1, -0.05) is 18.2 Å². The first kappa shape index (κ1) is 10.7. The van der Waals surface area contributed by atoms with Gasteiger partial charge in [-0.25, -0.2) is 0 Å². The summed E-state index contributed by atoms with van der Waals surface area (Å²) in [7, 11) is 1.36. The lowest BCUT2D eigenvalue weighted by atomic mass is 9.88. The Morgan fingerprint density at radius 3 is 3.00 bits per heavy atom. The molecule has 84 valence electrons. The Balaban J connectivity index is 2.26. The second-order valence-electron chi connectivity index (χ2n) is 3.82. The van der Waals surface area contributed by atoms with Gasteiger partial charge in [-0.3, -0.25) is 9.59 Å². The minimum atomic E-state index is -0.283. The number of fused-ring (bicyclic) bond motifs is 1. The van der Waals surface area contributed by atoms with Gasteiger partial charge >= 0.3 is 5.97 Å². The standard InChI is InChI=1S/C12H13NO3/c1-16-12(15)7-8-6-11(14)13-10-5-3-2-4-9(8)10/h2-5,8H,6-7H2,1H3,(H,13,14). The second-order valence-corrected chi connectivity index (χ2v) is 3.82. The van der Waals surface area contributed by atoms with Crippen LogP contribution in [0.4, 0.5) is 5.69 Å². The molecule has 1 amide bonds. The molecule has 2 rings (SSSR count). The highest BCUT2D eigenvalue weighted by molar-refractivity contribution is 5.95. The highest BCUT2D eigenvalue weighted by Crippen LogP contribution is 2.34. The van der Waals surface area contributed by atoms with Crippen molar-refractivity contribution in [2.75, 3.05) is 12.4 Å². The van der Waals surface area contributed by atoms with Gasteiger partial charge in [-0.05, 0) is 11.6 Å². The Morgan fingerprint density at radius 1 is 1.50 bits per heavy atom. The van der Waals surface area contributed by atoms with Crippen molar-refractivity contribution in [3.63, 3.8) is 0 Å². The molecule has 1 N–H and O–H groups in total. The van der Waals surface area contributed by atoms with Gasteiger partial charge in [0.15, 0.2) is 0 Å². The van der Waals surface area contributed by atoms with E-state index in [0.29, 0.717) is 6.42 Å². The first-order valence-electron chi connectivity index (χ1n) is 5.16. The molecular formula is C12H13NO3. The first-order chi connectivity index (χ1) is 7.70. The molecule has 0 aromatic heterocycles. The van der Waals surface area contributed by atoms with E-state index in [0.717, 1.165) is 11.3 Å². The topological polar surface area (TPSA) is 55.4 Å².